The number of anilines is 2. The fourth-order valence-electron chi connectivity index (χ4n) is 2.83. The maximum absolute atomic E-state index is 12.4. The Morgan fingerprint density at radius 3 is 2.43 bits per heavy atom. The molecule has 1 heterocycles. The normalized spacial score (nSPS) is 11.0. The predicted octanol–water partition coefficient (Wildman–Crippen LogP) is 6.12. The number of carbonyl (C=O) groups excluding carboxylic acids is 1. The lowest BCUT2D eigenvalue weighted by Crippen LogP contribution is -2.24. The van der Waals surface area contributed by atoms with Crippen LogP contribution in [0.15, 0.2) is 36.4 Å². The zero-order chi connectivity index (χ0) is 16.7. The number of benzene rings is 2. The van der Waals surface area contributed by atoms with Gasteiger partial charge in [0.1, 0.15) is 0 Å². The number of nitrogens with zero attached hydrogens (tertiary/aromatic N) is 1. The lowest BCUT2D eigenvalue weighted by atomic mass is 10.1. The summed E-state index contributed by atoms with van der Waals surface area (Å²) < 4.78 is 2.30. The van der Waals surface area contributed by atoms with Crippen molar-refractivity contribution in [3.63, 3.8) is 0 Å². The van der Waals surface area contributed by atoms with Crippen LogP contribution in [0.4, 0.5) is 11.4 Å². The van der Waals surface area contributed by atoms with Crippen LogP contribution < -0.4 is 4.90 Å². The third kappa shape index (κ3) is 2.90. The molecule has 3 rings (SSSR count). The molecule has 0 aliphatic carbocycles. The van der Waals surface area contributed by atoms with E-state index in [0.29, 0.717) is 0 Å². The van der Waals surface area contributed by atoms with Gasteiger partial charge in [0.2, 0.25) is 5.91 Å². The highest BCUT2D eigenvalue weighted by atomic mass is 127. The Hall–Kier alpha value is -1.40. The van der Waals surface area contributed by atoms with Crippen LogP contribution in [-0.2, 0) is 4.79 Å². The van der Waals surface area contributed by atoms with Crippen molar-refractivity contribution in [3.8, 4) is 0 Å². The van der Waals surface area contributed by atoms with Gasteiger partial charge in [-0.15, -0.1) is 11.3 Å². The van der Waals surface area contributed by atoms with Crippen LogP contribution in [0.1, 0.15) is 22.9 Å². The van der Waals surface area contributed by atoms with Gasteiger partial charge in [0.15, 0.2) is 0 Å². The molecule has 0 unspecified atom stereocenters. The van der Waals surface area contributed by atoms with E-state index >= 15 is 0 Å². The molecule has 118 valence electrons. The molecule has 0 spiro atoms. The van der Waals surface area contributed by atoms with E-state index in [9.17, 15) is 4.79 Å². The number of thiophene rings is 1. The van der Waals surface area contributed by atoms with Crippen LogP contribution >= 0.6 is 33.9 Å². The molecule has 0 radical (unpaired) electrons. The van der Waals surface area contributed by atoms with Crippen LogP contribution in [0.2, 0.25) is 0 Å². The number of rotatable bonds is 2. The molecule has 0 fully saturated rings. The second-order valence-electron chi connectivity index (χ2n) is 5.72. The van der Waals surface area contributed by atoms with Crippen molar-refractivity contribution in [1.82, 2.24) is 0 Å². The highest BCUT2D eigenvalue weighted by Crippen LogP contribution is 2.38. The predicted molar refractivity (Wildman–Crippen MR) is 108 cm³/mol. The van der Waals surface area contributed by atoms with Gasteiger partial charge in [0, 0.05) is 20.1 Å². The number of aryl methyl sites for hydroxylation is 3. The van der Waals surface area contributed by atoms with Gasteiger partial charge in [-0.25, -0.2) is 0 Å². The van der Waals surface area contributed by atoms with Gasteiger partial charge in [-0.05, 0) is 84.1 Å². The van der Waals surface area contributed by atoms with E-state index in [2.05, 4.69) is 55.5 Å². The topological polar surface area (TPSA) is 20.3 Å². The Morgan fingerprint density at radius 2 is 1.78 bits per heavy atom. The molecule has 0 atom stereocenters. The highest BCUT2D eigenvalue weighted by molar-refractivity contribution is 14.1. The Labute approximate surface area is 154 Å². The summed E-state index contributed by atoms with van der Waals surface area (Å²) in [5.74, 6) is 0.0292. The van der Waals surface area contributed by atoms with Crippen molar-refractivity contribution >= 4 is 61.3 Å². The fraction of sp³-hybridized carbons (Fsp3) is 0.211. The van der Waals surface area contributed by atoms with Crippen LogP contribution in [0.5, 0.6) is 0 Å². The molecule has 4 heteroatoms. The zero-order valence-electron chi connectivity index (χ0n) is 13.6. The minimum Gasteiger partial charge on any atom is -0.280 e. The first-order chi connectivity index (χ1) is 10.9. The molecule has 1 amide bonds. The second-order valence-corrected chi connectivity index (χ2v) is 8.14. The first kappa shape index (κ1) is 16.5. The largest absolute Gasteiger partial charge is 0.280 e. The summed E-state index contributed by atoms with van der Waals surface area (Å²) in [6.45, 7) is 8.01. The molecule has 3 aromatic rings. The van der Waals surface area contributed by atoms with Gasteiger partial charge in [0.05, 0.1) is 11.4 Å². The molecule has 2 nitrogen and oxygen atoms in total. The fourth-order valence-corrected chi connectivity index (χ4v) is 4.54. The second kappa shape index (κ2) is 6.24. The monoisotopic (exact) mass is 435 g/mol. The van der Waals surface area contributed by atoms with Gasteiger partial charge < -0.3 is 0 Å². The Morgan fingerprint density at radius 1 is 1.09 bits per heavy atom. The Kier molecular flexibility index (Phi) is 4.47. The number of fused-ring (bicyclic) bond motifs is 1. The summed E-state index contributed by atoms with van der Waals surface area (Å²) in [6, 6.07) is 12.3. The van der Waals surface area contributed by atoms with E-state index < -0.39 is 0 Å². The smallest absolute Gasteiger partial charge is 0.228 e. The van der Waals surface area contributed by atoms with E-state index in [1.807, 2.05) is 29.2 Å². The minimum absolute atomic E-state index is 0.0292. The molecule has 0 aliphatic heterocycles. The van der Waals surface area contributed by atoms with Crippen molar-refractivity contribution in [3.05, 3.63) is 56.0 Å². The number of halogens is 1. The lowest BCUT2D eigenvalue weighted by Gasteiger charge is -2.24. The number of amides is 1. The lowest BCUT2D eigenvalue weighted by molar-refractivity contribution is -0.115. The van der Waals surface area contributed by atoms with E-state index in [1.165, 1.54) is 20.5 Å². The molecule has 0 saturated heterocycles. The van der Waals surface area contributed by atoms with Crippen LogP contribution in [0, 0.1) is 24.3 Å². The number of hydrogen-bond acceptors (Lipinski definition) is 2. The van der Waals surface area contributed by atoms with Gasteiger partial charge in [0.25, 0.3) is 0 Å². The SMILES string of the molecule is CC(=O)N(c1cc2sc(C)c(C)c2cc1C)c1ccccc1I. The third-order valence-electron chi connectivity index (χ3n) is 4.14. The summed E-state index contributed by atoms with van der Waals surface area (Å²) in [4.78, 5) is 15.5. The average Bonchev–Trinajstić information content (AvgIpc) is 2.76. The summed E-state index contributed by atoms with van der Waals surface area (Å²) in [5, 5.41) is 1.29. The van der Waals surface area contributed by atoms with Gasteiger partial charge >= 0.3 is 0 Å². The zero-order valence-corrected chi connectivity index (χ0v) is 16.6. The number of para-hydroxylation sites is 1. The Bertz CT molecular complexity index is 913. The molecule has 0 N–H and O–H groups in total. The van der Waals surface area contributed by atoms with Gasteiger partial charge in [-0.3, -0.25) is 9.69 Å². The van der Waals surface area contributed by atoms with E-state index in [1.54, 1.807) is 18.3 Å². The number of carbonyl (C=O) groups is 1. The van der Waals surface area contributed by atoms with Crippen LogP contribution in [0.3, 0.4) is 0 Å². The first-order valence-electron chi connectivity index (χ1n) is 7.45. The van der Waals surface area contributed by atoms with E-state index in [4.69, 9.17) is 0 Å². The molecule has 2 aromatic carbocycles. The van der Waals surface area contributed by atoms with Crippen molar-refractivity contribution in [2.24, 2.45) is 0 Å². The Balaban J connectivity index is 2.25. The standard InChI is InChI=1S/C19H18INOS/c1-11-9-15-12(2)13(3)23-19(15)10-18(11)21(14(4)22)17-8-6-5-7-16(17)20/h5-10H,1-4H3. The molecular weight excluding hydrogens is 417 g/mol. The molecule has 0 aliphatic rings. The van der Waals surface area contributed by atoms with E-state index in [-0.39, 0.29) is 5.91 Å². The van der Waals surface area contributed by atoms with Crippen molar-refractivity contribution in [2.45, 2.75) is 27.7 Å². The molecule has 0 saturated carbocycles. The molecule has 1 aromatic heterocycles. The first-order valence-corrected chi connectivity index (χ1v) is 9.35. The van der Waals surface area contributed by atoms with Crippen LogP contribution in [0.25, 0.3) is 10.1 Å². The van der Waals surface area contributed by atoms with Crippen LogP contribution in [-0.4, -0.2) is 5.91 Å². The molecular formula is C19H18INOS. The quantitative estimate of drug-likeness (QED) is 0.445. The summed E-state index contributed by atoms with van der Waals surface area (Å²) >= 11 is 4.07. The van der Waals surface area contributed by atoms with E-state index in [0.717, 1.165) is 20.5 Å². The summed E-state index contributed by atoms with van der Waals surface area (Å²) in [6.07, 6.45) is 0. The number of hydrogen-bond donors (Lipinski definition) is 0. The molecule has 0 bridgehead atoms. The summed E-state index contributed by atoms with van der Waals surface area (Å²) in [7, 11) is 0. The maximum atomic E-state index is 12.4. The van der Waals surface area contributed by atoms with Crippen molar-refractivity contribution < 1.29 is 4.79 Å². The molecule has 23 heavy (non-hydrogen) atoms. The van der Waals surface area contributed by atoms with Crippen molar-refractivity contribution in [2.75, 3.05) is 4.90 Å². The minimum atomic E-state index is 0.0292. The maximum Gasteiger partial charge on any atom is 0.228 e. The van der Waals surface area contributed by atoms with Gasteiger partial charge in [-0.2, -0.15) is 0 Å². The van der Waals surface area contributed by atoms with Gasteiger partial charge in [-0.1, -0.05) is 12.1 Å². The average molecular weight is 435 g/mol. The van der Waals surface area contributed by atoms with Crippen molar-refractivity contribution in [1.29, 1.82) is 0 Å². The third-order valence-corrected chi connectivity index (χ3v) is 6.22. The summed E-state index contributed by atoms with van der Waals surface area (Å²) in [5.41, 5.74) is 4.36. The highest BCUT2D eigenvalue weighted by Gasteiger charge is 2.20.